The third kappa shape index (κ3) is 3.48. The van der Waals surface area contributed by atoms with E-state index in [1.165, 1.54) is 0 Å². The Balaban J connectivity index is 2.69. The molecule has 5 nitrogen and oxygen atoms in total. The third-order valence-corrected chi connectivity index (χ3v) is 2.47. The van der Waals surface area contributed by atoms with Crippen LogP contribution in [-0.2, 0) is 16.0 Å². The van der Waals surface area contributed by atoms with Crippen LogP contribution in [0, 0.1) is 0 Å². The Morgan fingerprint density at radius 1 is 1.29 bits per heavy atom. The molecule has 1 aromatic rings. The van der Waals surface area contributed by atoms with Crippen molar-refractivity contribution in [3.8, 4) is 0 Å². The van der Waals surface area contributed by atoms with Crippen LogP contribution >= 0.6 is 0 Å². The molecule has 5 N–H and O–H groups in total. The number of nitrogens with one attached hydrogen (secondary N) is 1. The number of nitrogen functional groups attached to an aromatic ring is 1. The summed E-state index contributed by atoms with van der Waals surface area (Å²) in [5, 5.41) is 2.56. The van der Waals surface area contributed by atoms with E-state index >= 15 is 0 Å². The molecule has 1 aromatic carbocycles. The van der Waals surface area contributed by atoms with E-state index in [0.29, 0.717) is 5.69 Å². The molecule has 0 aliphatic heterocycles. The smallest absolute Gasteiger partial charge is 0.242 e. The number of hydrogen-bond donors (Lipinski definition) is 3. The topological polar surface area (TPSA) is 98.2 Å². The van der Waals surface area contributed by atoms with Gasteiger partial charge in [0, 0.05) is 5.69 Å². The number of primary amides is 1. The molecule has 0 aliphatic rings. The van der Waals surface area contributed by atoms with Gasteiger partial charge in [0.1, 0.15) is 5.54 Å². The molecule has 0 spiro atoms. The van der Waals surface area contributed by atoms with Crippen molar-refractivity contribution in [2.45, 2.75) is 25.8 Å². The molecule has 5 heteroatoms. The summed E-state index contributed by atoms with van der Waals surface area (Å²) in [4.78, 5) is 22.8. The summed E-state index contributed by atoms with van der Waals surface area (Å²) in [5.41, 5.74) is 11.1. The predicted molar refractivity (Wildman–Crippen MR) is 66.0 cm³/mol. The first-order valence-corrected chi connectivity index (χ1v) is 5.27. The van der Waals surface area contributed by atoms with Gasteiger partial charge in [0.2, 0.25) is 11.8 Å². The molecule has 17 heavy (non-hydrogen) atoms. The zero-order valence-electron chi connectivity index (χ0n) is 9.99. The standard InChI is InChI=1S/C12H17N3O2/c1-12(2,11(14)17)15-10(16)7-8-5-3-4-6-9(8)13/h3-6H,7,13H2,1-2H3,(H2,14,17)(H,15,16). The quantitative estimate of drug-likeness (QED) is 0.650. The van der Waals surface area contributed by atoms with Crippen molar-refractivity contribution < 1.29 is 9.59 Å². The van der Waals surface area contributed by atoms with Crippen LogP contribution < -0.4 is 16.8 Å². The largest absolute Gasteiger partial charge is 0.398 e. The van der Waals surface area contributed by atoms with Gasteiger partial charge in [-0.05, 0) is 25.5 Å². The highest BCUT2D eigenvalue weighted by Gasteiger charge is 2.26. The number of hydrogen-bond acceptors (Lipinski definition) is 3. The van der Waals surface area contributed by atoms with Gasteiger partial charge in [0.15, 0.2) is 0 Å². The van der Waals surface area contributed by atoms with Crippen LogP contribution in [0.4, 0.5) is 5.69 Å². The van der Waals surface area contributed by atoms with Crippen LogP contribution in [0.25, 0.3) is 0 Å². The van der Waals surface area contributed by atoms with Gasteiger partial charge >= 0.3 is 0 Å². The number of rotatable bonds is 4. The Morgan fingerprint density at radius 3 is 2.41 bits per heavy atom. The number of nitrogens with two attached hydrogens (primary N) is 2. The molecule has 0 saturated carbocycles. The van der Waals surface area contributed by atoms with E-state index in [-0.39, 0.29) is 12.3 Å². The van der Waals surface area contributed by atoms with E-state index < -0.39 is 11.4 Å². The molecule has 0 saturated heterocycles. The normalized spacial score (nSPS) is 10.9. The first kappa shape index (κ1) is 13.0. The van der Waals surface area contributed by atoms with Crippen LogP contribution in [0.2, 0.25) is 0 Å². The van der Waals surface area contributed by atoms with Gasteiger partial charge in [-0.2, -0.15) is 0 Å². The van der Waals surface area contributed by atoms with Crippen molar-refractivity contribution >= 4 is 17.5 Å². The van der Waals surface area contributed by atoms with Crippen LogP contribution in [0.5, 0.6) is 0 Å². The lowest BCUT2D eigenvalue weighted by Crippen LogP contribution is -2.53. The maximum absolute atomic E-state index is 11.7. The van der Waals surface area contributed by atoms with Gasteiger partial charge in [0.25, 0.3) is 0 Å². The van der Waals surface area contributed by atoms with E-state index in [4.69, 9.17) is 11.5 Å². The number of carbonyl (C=O) groups excluding carboxylic acids is 2. The Bertz CT molecular complexity index is 441. The van der Waals surface area contributed by atoms with E-state index in [1.807, 2.05) is 0 Å². The first-order valence-electron chi connectivity index (χ1n) is 5.27. The lowest BCUT2D eigenvalue weighted by molar-refractivity contribution is -0.130. The Kier molecular flexibility index (Phi) is 3.73. The van der Waals surface area contributed by atoms with Gasteiger partial charge < -0.3 is 16.8 Å². The highest BCUT2D eigenvalue weighted by molar-refractivity contribution is 5.90. The minimum Gasteiger partial charge on any atom is -0.398 e. The van der Waals surface area contributed by atoms with Crippen molar-refractivity contribution in [3.63, 3.8) is 0 Å². The molecule has 0 aliphatic carbocycles. The summed E-state index contributed by atoms with van der Waals surface area (Å²) >= 11 is 0. The monoisotopic (exact) mass is 235 g/mol. The summed E-state index contributed by atoms with van der Waals surface area (Å²) in [6.45, 7) is 3.11. The average molecular weight is 235 g/mol. The predicted octanol–water partition coefficient (Wildman–Crippen LogP) is 0.191. The van der Waals surface area contributed by atoms with Crippen molar-refractivity contribution in [1.82, 2.24) is 5.32 Å². The minimum atomic E-state index is -1.05. The van der Waals surface area contributed by atoms with Crippen LogP contribution in [0.15, 0.2) is 24.3 Å². The summed E-state index contributed by atoms with van der Waals surface area (Å²) in [5.74, 6) is -0.862. The zero-order chi connectivity index (χ0) is 13.1. The fraction of sp³-hybridized carbons (Fsp3) is 0.333. The summed E-state index contributed by atoms with van der Waals surface area (Å²) in [6.07, 6.45) is 0.128. The molecule has 0 heterocycles. The van der Waals surface area contributed by atoms with Gasteiger partial charge in [0.05, 0.1) is 6.42 Å². The van der Waals surface area contributed by atoms with E-state index in [0.717, 1.165) is 5.56 Å². The van der Waals surface area contributed by atoms with Gasteiger partial charge in [-0.1, -0.05) is 18.2 Å². The second-order valence-corrected chi connectivity index (χ2v) is 4.41. The first-order chi connectivity index (χ1) is 7.83. The number of anilines is 1. The highest BCUT2D eigenvalue weighted by atomic mass is 16.2. The molecule has 92 valence electrons. The SMILES string of the molecule is CC(C)(NC(=O)Cc1ccccc1N)C(N)=O. The van der Waals surface area contributed by atoms with Gasteiger partial charge in [-0.15, -0.1) is 0 Å². The molecular weight excluding hydrogens is 218 g/mol. The van der Waals surface area contributed by atoms with Crippen LogP contribution in [0.1, 0.15) is 19.4 Å². The Labute approximate surface area is 100 Å². The van der Waals surface area contributed by atoms with Crippen molar-refractivity contribution in [2.24, 2.45) is 5.73 Å². The Hall–Kier alpha value is -2.04. The molecule has 0 atom stereocenters. The number of benzene rings is 1. The third-order valence-electron chi connectivity index (χ3n) is 2.47. The molecule has 2 amide bonds. The number of para-hydroxylation sites is 1. The summed E-state index contributed by atoms with van der Waals surface area (Å²) in [7, 11) is 0. The Morgan fingerprint density at radius 2 is 1.88 bits per heavy atom. The second kappa shape index (κ2) is 4.86. The molecule has 0 fully saturated rings. The molecule has 0 bridgehead atoms. The van der Waals surface area contributed by atoms with E-state index in [2.05, 4.69) is 5.32 Å². The van der Waals surface area contributed by atoms with Crippen molar-refractivity contribution in [2.75, 3.05) is 5.73 Å². The fourth-order valence-electron chi connectivity index (χ4n) is 1.32. The van der Waals surface area contributed by atoms with Crippen LogP contribution in [0.3, 0.4) is 0 Å². The highest BCUT2D eigenvalue weighted by Crippen LogP contribution is 2.11. The number of amides is 2. The molecule has 0 radical (unpaired) electrons. The van der Waals surface area contributed by atoms with Crippen molar-refractivity contribution in [1.29, 1.82) is 0 Å². The molecular formula is C12H17N3O2. The van der Waals surface area contributed by atoms with Gasteiger partial charge in [-0.3, -0.25) is 9.59 Å². The molecule has 0 unspecified atom stereocenters. The van der Waals surface area contributed by atoms with Crippen LogP contribution in [-0.4, -0.2) is 17.4 Å². The maximum atomic E-state index is 11.7. The van der Waals surface area contributed by atoms with E-state index in [1.54, 1.807) is 38.1 Å². The summed E-state index contributed by atoms with van der Waals surface area (Å²) < 4.78 is 0. The second-order valence-electron chi connectivity index (χ2n) is 4.41. The van der Waals surface area contributed by atoms with E-state index in [9.17, 15) is 9.59 Å². The fourth-order valence-corrected chi connectivity index (χ4v) is 1.32. The average Bonchev–Trinajstić information content (AvgIpc) is 2.20. The van der Waals surface area contributed by atoms with Gasteiger partial charge in [-0.25, -0.2) is 0 Å². The molecule has 0 aromatic heterocycles. The molecule has 1 rings (SSSR count). The lowest BCUT2D eigenvalue weighted by Gasteiger charge is -2.22. The maximum Gasteiger partial charge on any atom is 0.242 e. The summed E-state index contributed by atoms with van der Waals surface area (Å²) in [6, 6.07) is 7.09. The van der Waals surface area contributed by atoms with Crippen molar-refractivity contribution in [3.05, 3.63) is 29.8 Å². The zero-order valence-corrected chi connectivity index (χ0v) is 9.99. The lowest BCUT2D eigenvalue weighted by atomic mass is 10.0. The minimum absolute atomic E-state index is 0.128. The number of carbonyl (C=O) groups is 2.